The predicted octanol–water partition coefficient (Wildman–Crippen LogP) is 4.44. The summed E-state index contributed by atoms with van der Waals surface area (Å²) in [5.41, 5.74) is 3.33. The van der Waals surface area contributed by atoms with Crippen LogP contribution < -0.4 is 0 Å². The molecule has 1 aromatic rings. The van der Waals surface area contributed by atoms with Crippen molar-refractivity contribution in [1.82, 2.24) is 0 Å². The van der Waals surface area contributed by atoms with Gasteiger partial charge in [0.1, 0.15) is 0 Å². The minimum absolute atomic E-state index is 0.387. The lowest BCUT2D eigenvalue weighted by Crippen LogP contribution is -2.01. The molecule has 0 amide bonds. The SMILES string of the molecule is C=Cc1cc(CC(C)C)cc([C](C)CF)c1. The van der Waals surface area contributed by atoms with Crippen molar-refractivity contribution in [2.75, 3.05) is 6.67 Å². The zero-order valence-corrected chi connectivity index (χ0v) is 10.4. The van der Waals surface area contributed by atoms with Crippen molar-refractivity contribution in [3.05, 3.63) is 47.4 Å². The molecule has 0 saturated carbocycles. The van der Waals surface area contributed by atoms with Gasteiger partial charge in [-0.1, -0.05) is 51.6 Å². The van der Waals surface area contributed by atoms with Gasteiger partial charge in [0, 0.05) is 5.92 Å². The normalized spacial score (nSPS) is 11.1. The second-order valence-electron chi connectivity index (χ2n) is 4.68. The highest BCUT2D eigenvalue weighted by Crippen LogP contribution is 2.21. The summed E-state index contributed by atoms with van der Waals surface area (Å²) in [5, 5.41) is 0. The summed E-state index contributed by atoms with van der Waals surface area (Å²) in [6.45, 7) is 9.59. The van der Waals surface area contributed by atoms with Gasteiger partial charge in [0.15, 0.2) is 0 Å². The van der Waals surface area contributed by atoms with Crippen LogP contribution in [0.25, 0.3) is 6.08 Å². The largest absolute Gasteiger partial charge is 0.250 e. The summed E-state index contributed by atoms with van der Waals surface area (Å²) in [5.74, 6) is 1.40. The molecule has 0 heterocycles. The number of halogens is 1. The number of hydrogen-bond donors (Lipinski definition) is 0. The van der Waals surface area contributed by atoms with Crippen molar-refractivity contribution in [3.8, 4) is 0 Å². The first kappa shape index (κ1) is 13.0. The number of alkyl halides is 1. The van der Waals surface area contributed by atoms with Crippen molar-refractivity contribution < 1.29 is 4.39 Å². The van der Waals surface area contributed by atoms with E-state index < -0.39 is 0 Å². The van der Waals surface area contributed by atoms with Crippen molar-refractivity contribution in [2.45, 2.75) is 27.2 Å². The van der Waals surface area contributed by atoms with Crippen LogP contribution in [0.1, 0.15) is 37.5 Å². The maximum Gasteiger partial charge on any atom is 0.0997 e. The average molecular weight is 219 g/mol. The van der Waals surface area contributed by atoms with E-state index in [4.69, 9.17) is 0 Å². The molecule has 1 aromatic carbocycles. The zero-order chi connectivity index (χ0) is 12.1. The van der Waals surface area contributed by atoms with Crippen LogP contribution in [0.2, 0.25) is 0 Å². The van der Waals surface area contributed by atoms with Crippen LogP contribution in [0.4, 0.5) is 4.39 Å². The van der Waals surface area contributed by atoms with E-state index in [1.165, 1.54) is 5.56 Å². The standard InChI is InChI=1S/C15H20F/c1-5-13-7-14(6-11(2)3)9-15(8-13)12(4)10-16/h5,7-9,11H,1,6,10H2,2-4H3. The summed E-state index contributed by atoms with van der Waals surface area (Å²) in [6, 6.07) is 6.20. The van der Waals surface area contributed by atoms with Crippen LogP contribution in [-0.2, 0) is 6.42 Å². The fourth-order valence-corrected chi connectivity index (χ4v) is 1.75. The molecule has 0 unspecified atom stereocenters. The van der Waals surface area contributed by atoms with Gasteiger partial charge in [-0.25, -0.2) is 0 Å². The van der Waals surface area contributed by atoms with Gasteiger partial charge in [-0.05, 0) is 29.0 Å². The third-order valence-electron chi connectivity index (χ3n) is 2.59. The van der Waals surface area contributed by atoms with Crippen molar-refractivity contribution in [3.63, 3.8) is 0 Å². The van der Waals surface area contributed by atoms with Gasteiger partial charge in [0.2, 0.25) is 0 Å². The Morgan fingerprint density at radius 2 is 2.06 bits per heavy atom. The van der Waals surface area contributed by atoms with Gasteiger partial charge in [-0.15, -0.1) is 0 Å². The highest BCUT2D eigenvalue weighted by molar-refractivity contribution is 5.52. The second kappa shape index (κ2) is 5.83. The number of hydrogen-bond acceptors (Lipinski definition) is 0. The lowest BCUT2D eigenvalue weighted by molar-refractivity contribution is 0.516. The molecule has 1 rings (SSSR count). The molecule has 0 fully saturated rings. The molecule has 0 spiro atoms. The van der Waals surface area contributed by atoms with Crippen molar-refractivity contribution in [2.24, 2.45) is 5.92 Å². The monoisotopic (exact) mass is 219 g/mol. The lowest BCUT2D eigenvalue weighted by Gasteiger charge is -2.12. The molecule has 0 saturated heterocycles. The Bertz CT molecular complexity index is 352. The minimum Gasteiger partial charge on any atom is -0.250 e. The van der Waals surface area contributed by atoms with Gasteiger partial charge in [0.25, 0.3) is 0 Å². The van der Waals surface area contributed by atoms with E-state index in [-0.39, 0.29) is 6.67 Å². The molecule has 0 aromatic heterocycles. The Labute approximate surface area is 98.2 Å². The third-order valence-corrected chi connectivity index (χ3v) is 2.59. The molecule has 0 N–H and O–H groups in total. The lowest BCUT2D eigenvalue weighted by atomic mass is 9.93. The quantitative estimate of drug-likeness (QED) is 0.686. The number of benzene rings is 1. The molecular formula is C15H20F. The van der Waals surface area contributed by atoms with E-state index in [0.717, 1.165) is 23.5 Å². The van der Waals surface area contributed by atoms with Gasteiger partial charge in [0.05, 0.1) is 6.67 Å². The van der Waals surface area contributed by atoms with E-state index in [2.05, 4.69) is 32.6 Å². The van der Waals surface area contributed by atoms with Crippen LogP contribution in [0.15, 0.2) is 24.8 Å². The Hall–Kier alpha value is -1.11. The Kier molecular flexibility index (Phi) is 4.72. The van der Waals surface area contributed by atoms with Crippen molar-refractivity contribution >= 4 is 6.08 Å². The average Bonchev–Trinajstić information content (AvgIpc) is 2.26. The van der Waals surface area contributed by atoms with Crippen LogP contribution in [0.3, 0.4) is 0 Å². The van der Waals surface area contributed by atoms with E-state index >= 15 is 0 Å². The molecule has 87 valence electrons. The summed E-state index contributed by atoms with van der Waals surface area (Å²) in [7, 11) is 0. The topological polar surface area (TPSA) is 0 Å². The van der Waals surface area contributed by atoms with Crippen LogP contribution in [-0.4, -0.2) is 6.67 Å². The molecule has 0 atom stereocenters. The van der Waals surface area contributed by atoms with Crippen molar-refractivity contribution in [1.29, 1.82) is 0 Å². The van der Waals surface area contributed by atoms with E-state index in [9.17, 15) is 4.39 Å². The summed E-state index contributed by atoms with van der Waals surface area (Å²) >= 11 is 0. The fraction of sp³-hybridized carbons (Fsp3) is 0.400. The molecular weight excluding hydrogens is 199 g/mol. The first-order valence-electron chi connectivity index (χ1n) is 5.72. The summed E-state index contributed by atoms with van der Waals surface area (Å²) in [6.07, 6.45) is 2.84. The van der Waals surface area contributed by atoms with Gasteiger partial charge in [-0.3, -0.25) is 4.39 Å². The minimum atomic E-state index is -0.387. The maximum absolute atomic E-state index is 12.6. The van der Waals surface area contributed by atoms with Crippen LogP contribution >= 0.6 is 0 Å². The first-order chi connectivity index (χ1) is 7.56. The molecule has 0 aliphatic carbocycles. The number of rotatable bonds is 5. The molecule has 1 radical (unpaired) electrons. The molecule has 0 nitrogen and oxygen atoms in total. The highest BCUT2D eigenvalue weighted by Gasteiger charge is 2.08. The highest BCUT2D eigenvalue weighted by atomic mass is 19.1. The first-order valence-corrected chi connectivity index (χ1v) is 5.72. The smallest absolute Gasteiger partial charge is 0.0997 e. The van der Waals surface area contributed by atoms with Crippen LogP contribution in [0, 0.1) is 11.8 Å². The summed E-state index contributed by atoms with van der Waals surface area (Å²) in [4.78, 5) is 0. The predicted molar refractivity (Wildman–Crippen MR) is 69.1 cm³/mol. The van der Waals surface area contributed by atoms with E-state index in [1.54, 1.807) is 0 Å². The maximum atomic E-state index is 12.6. The van der Waals surface area contributed by atoms with Gasteiger partial charge >= 0.3 is 0 Å². The molecule has 16 heavy (non-hydrogen) atoms. The Morgan fingerprint density at radius 3 is 2.56 bits per heavy atom. The van der Waals surface area contributed by atoms with Gasteiger partial charge < -0.3 is 0 Å². The van der Waals surface area contributed by atoms with Gasteiger partial charge in [-0.2, -0.15) is 0 Å². The molecule has 1 heteroatoms. The van der Waals surface area contributed by atoms with E-state index in [0.29, 0.717) is 5.92 Å². The second-order valence-corrected chi connectivity index (χ2v) is 4.68. The fourth-order valence-electron chi connectivity index (χ4n) is 1.75. The summed E-state index contributed by atoms with van der Waals surface area (Å²) < 4.78 is 12.6. The Morgan fingerprint density at radius 1 is 1.38 bits per heavy atom. The third kappa shape index (κ3) is 3.48. The molecule has 0 aliphatic rings. The Balaban J connectivity index is 3.05. The molecule has 0 bridgehead atoms. The van der Waals surface area contributed by atoms with Crippen LogP contribution in [0.5, 0.6) is 0 Å². The van der Waals surface area contributed by atoms with E-state index in [1.807, 2.05) is 19.1 Å². The zero-order valence-electron chi connectivity index (χ0n) is 10.4. The molecule has 0 aliphatic heterocycles.